The van der Waals surface area contributed by atoms with Crippen LogP contribution in [0.4, 0.5) is 0 Å². The highest BCUT2D eigenvalue weighted by Crippen LogP contribution is 2.14. The quantitative estimate of drug-likeness (QED) is 0.430. The summed E-state index contributed by atoms with van der Waals surface area (Å²) in [5.41, 5.74) is 0.681. The Morgan fingerprint density at radius 2 is 2.25 bits per heavy atom. The molecular formula is C11H10N2O3. The van der Waals surface area contributed by atoms with Crippen molar-refractivity contribution in [3.63, 3.8) is 0 Å². The van der Waals surface area contributed by atoms with Crippen molar-refractivity contribution >= 4 is 11.7 Å². The minimum atomic E-state index is -0.502. The van der Waals surface area contributed by atoms with Crippen molar-refractivity contribution in [3.8, 4) is 6.07 Å². The van der Waals surface area contributed by atoms with Crippen LogP contribution in [-0.4, -0.2) is 24.7 Å². The van der Waals surface area contributed by atoms with E-state index >= 15 is 0 Å². The lowest BCUT2D eigenvalue weighted by Crippen LogP contribution is -2.09. The maximum absolute atomic E-state index is 10.9. The van der Waals surface area contributed by atoms with Crippen molar-refractivity contribution in [1.82, 2.24) is 4.98 Å². The van der Waals surface area contributed by atoms with Gasteiger partial charge in [0, 0.05) is 18.0 Å². The average Bonchev–Trinajstić information content (AvgIpc) is 2.35. The first-order chi connectivity index (χ1) is 7.77. The van der Waals surface area contributed by atoms with Gasteiger partial charge >= 0.3 is 5.97 Å². The molecule has 0 atom stereocenters. The van der Waals surface area contributed by atoms with Gasteiger partial charge in [-0.1, -0.05) is 0 Å². The number of methoxy groups -OCH3 is 1. The molecule has 16 heavy (non-hydrogen) atoms. The van der Waals surface area contributed by atoms with Crippen molar-refractivity contribution in [2.75, 3.05) is 13.7 Å². The number of carbonyl (C=O) groups is 1. The zero-order valence-electron chi connectivity index (χ0n) is 8.71. The first-order valence-electron chi connectivity index (χ1n) is 4.47. The van der Waals surface area contributed by atoms with Gasteiger partial charge in [0.25, 0.3) is 0 Å². The molecule has 0 N–H and O–H groups in total. The number of pyridine rings is 1. The molecule has 0 bridgehead atoms. The van der Waals surface area contributed by atoms with Gasteiger partial charge in [0.1, 0.15) is 5.76 Å². The monoisotopic (exact) mass is 218 g/mol. The number of nitrogens with zero attached hydrogens (tertiary/aromatic N) is 2. The first kappa shape index (κ1) is 11.7. The van der Waals surface area contributed by atoms with Gasteiger partial charge in [-0.05, 0) is 12.1 Å². The second-order valence-electron chi connectivity index (χ2n) is 2.74. The topological polar surface area (TPSA) is 72.2 Å². The molecule has 0 aromatic carbocycles. The van der Waals surface area contributed by atoms with Crippen LogP contribution in [0, 0.1) is 11.3 Å². The number of carbonyl (C=O) groups excluding carboxylic acids is 1. The Balaban J connectivity index is 2.75. The number of rotatable bonds is 4. The highest BCUT2D eigenvalue weighted by Gasteiger charge is 2.06. The fourth-order valence-corrected chi connectivity index (χ4v) is 0.979. The molecular weight excluding hydrogens is 208 g/mol. The van der Waals surface area contributed by atoms with Crippen LogP contribution in [0.5, 0.6) is 0 Å². The van der Waals surface area contributed by atoms with E-state index in [0.29, 0.717) is 11.3 Å². The largest absolute Gasteiger partial charge is 0.481 e. The highest BCUT2D eigenvalue weighted by atomic mass is 16.6. The van der Waals surface area contributed by atoms with Crippen molar-refractivity contribution in [3.05, 3.63) is 36.2 Å². The molecule has 0 spiro atoms. The highest BCUT2D eigenvalue weighted by molar-refractivity contribution is 5.72. The van der Waals surface area contributed by atoms with Gasteiger partial charge in [-0.2, -0.15) is 5.26 Å². The number of allylic oxidation sites excluding steroid dienone is 1. The maximum Gasteiger partial charge on any atom is 0.343 e. The molecule has 0 unspecified atom stereocenters. The summed E-state index contributed by atoms with van der Waals surface area (Å²) in [6, 6.07) is 5.21. The van der Waals surface area contributed by atoms with E-state index in [1.165, 1.54) is 13.2 Å². The SMILES string of the molecule is COC(=O)CO/C(=C/C#N)c1ccncc1. The van der Waals surface area contributed by atoms with Gasteiger partial charge in [0.05, 0.1) is 19.3 Å². The van der Waals surface area contributed by atoms with Crippen LogP contribution in [-0.2, 0) is 14.3 Å². The van der Waals surface area contributed by atoms with E-state index in [4.69, 9.17) is 10.00 Å². The number of hydrogen-bond acceptors (Lipinski definition) is 5. The van der Waals surface area contributed by atoms with Crippen LogP contribution in [0.25, 0.3) is 5.76 Å². The van der Waals surface area contributed by atoms with Crippen molar-refractivity contribution in [1.29, 1.82) is 5.26 Å². The minimum Gasteiger partial charge on any atom is -0.481 e. The predicted octanol–water partition coefficient (Wildman–Crippen LogP) is 1.14. The number of esters is 1. The van der Waals surface area contributed by atoms with E-state index in [-0.39, 0.29) is 6.61 Å². The van der Waals surface area contributed by atoms with Gasteiger partial charge in [0.15, 0.2) is 6.61 Å². The Labute approximate surface area is 92.9 Å². The Morgan fingerprint density at radius 3 is 2.81 bits per heavy atom. The summed E-state index contributed by atoms with van der Waals surface area (Å²) in [5.74, 6) is -0.187. The summed E-state index contributed by atoms with van der Waals surface area (Å²) in [5, 5.41) is 8.58. The molecule has 0 aliphatic heterocycles. The molecule has 0 fully saturated rings. The third-order valence-electron chi connectivity index (χ3n) is 1.73. The Hall–Kier alpha value is -2.35. The van der Waals surface area contributed by atoms with Gasteiger partial charge in [-0.3, -0.25) is 4.98 Å². The van der Waals surface area contributed by atoms with Crippen LogP contribution in [0.2, 0.25) is 0 Å². The number of ether oxygens (including phenoxy) is 2. The molecule has 5 heteroatoms. The van der Waals surface area contributed by atoms with E-state index in [1.54, 1.807) is 24.5 Å². The predicted molar refractivity (Wildman–Crippen MR) is 55.8 cm³/mol. The normalized spacial score (nSPS) is 10.4. The van der Waals surface area contributed by atoms with Gasteiger partial charge in [-0.25, -0.2) is 4.79 Å². The lowest BCUT2D eigenvalue weighted by molar-refractivity contribution is -0.143. The van der Waals surface area contributed by atoms with Gasteiger partial charge < -0.3 is 9.47 Å². The molecule has 0 aliphatic carbocycles. The zero-order valence-corrected chi connectivity index (χ0v) is 8.71. The summed E-state index contributed by atoms with van der Waals surface area (Å²) in [7, 11) is 1.27. The second kappa shape index (κ2) is 6.19. The molecule has 0 saturated carbocycles. The van der Waals surface area contributed by atoms with Crippen molar-refractivity contribution in [2.45, 2.75) is 0 Å². The van der Waals surface area contributed by atoms with E-state index in [1.807, 2.05) is 6.07 Å². The lowest BCUT2D eigenvalue weighted by Gasteiger charge is -2.07. The Bertz CT molecular complexity index is 421. The van der Waals surface area contributed by atoms with E-state index in [9.17, 15) is 4.79 Å². The first-order valence-corrected chi connectivity index (χ1v) is 4.47. The van der Waals surface area contributed by atoms with Crippen LogP contribution in [0.3, 0.4) is 0 Å². The van der Waals surface area contributed by atoms with Gasteiger partial charge in [-0.15, -0.1) is 0 Å². The fourth-order valence-electron chi connectivity index (χ4n) is 0.979. The van der Waals surface area contributed by atoms with Crippen LogP contribution in [0.15, 0.2) is 30.6 Å². The third-order valence-corrected chi connectivity index (χ3v) is 1.73. The molecule has 0 saturated heterocycles. The fraction of sp³-hybridized carbons (Fsp3) is 0.182. The summed E-state index contributed by atoms with van der Waals surface area (Å²) < 4.78 is 9.59. The molecule has 0 amide bonds. The number of aromatic nitrogens is 1. The smallest absolute Gasteiger partial charge is 0.343 e. The van der Waals surface area contributed by atoms with Gasteiger partial charge in [0.2, 0.25) is 0 Å². The van der Waals surface area contributed by atoms with Crippen LogP contribution in [0.1, 0.15) is 5.56 Å². The summed E-state index contributed by atoms with van der Waals surface area (Å²) >= 11 is 0. The molecule has 1 rings (SSSR count). The summed E-state index contributed by atoms with van der Waals surface area (Å²) in [4.78, 5) is 14.7. The second-order valence-corrected chi connectivity index (χ2v) is 2.74. The van der Waals surface area contributed by atoms with Crippen molar-refractivity contribution < 1.29 is 14.3 Å². The van der Waals surface area contributed by atoms with E-state index in [2.05, 4.69) is 9.72 Å². The molecule has 82 valence electrons. The Morgan fingerprint density at radius 1 is 1.56 bits per heavy atom. The van der Waals surface area contributed by atoms with E-state index < -0.39 is 5.97 Å². The minimum absolute atomic E-state index is 0.230. The molecule has 0 radical (unpaired) electrons. The van der Waals surface area contributed by atoms with Crippen LogP contribution < -0.4 is 0 Å². The maximum atomic E-state index is 10.9. The zero-order chi connectivity index (χ0) is 11.8. The third kappa shape index (κ3) is 3.42. The summed E-state index contributed by atoms with van der Waals surface area (Å²) in [6.07, 6.45) is 4.36. The molecule has 5 nitrogen and oxygen atoms in total. The average molecular weight is 218 g/mol. The molecule has 1 aromatic rings. The van der Waals surface area contributed by atoms with Crippen molar-refractivity contribution in [2.24, 2.45) is 0 Å². The molecule has 1 aromatic heterocycles. The number of nitriles is 1. The van der Waals surface area contributed by atoms with E-state index in [0.717, 1.165) is 0 Å². The molecule has 0 aliphatic rings. The number of hydrogen-bond donors (Lipinski definition) is 0. The van der Waals surface area contributed by atoms with Crippen LogP contribution >= 0.6 is 0 Å². The molecule has 1 heterocycles. The standard InChI is InChI=1S/C11H10N2O3/c1-15-11(14)8-16-10(2-5-12)9-3-6-13-7-4-9/h2-4,6-7H,8H2,1H3/b10-2+. The lowest BCUT2D eigenvalue weighted by atomic mass is 10.2. The Kier molecular flexibility index (Phi) is 4.54. The summed E-state index contributed by atoms with van der Waals surface area (Å²) in [6.45, 7) is -0.230.